The van der Waals surface area contributed by atoms with Crippen LogP contribution in [0.4, 0.5) is 11.6 Å². The molecule has 0 aliphatic carbocycles. The molecule has 10 nitrogen and oxygen atoms in total. The van der Waals surface area contributed by atoms with Gasteiger partial charge in [-0.1, -0.05) is 0 Å². The zero-order chi connectivity index (χ0) is 13.7. The monoisotopic (exact) mass is 258 g/mol. The van der Waals surface area contributed by atoms with Crippen molar-refractivity contribution in [2.45, 2.75) is 6.10 Å². The van der Waals surface area contributed by atoms with Crippen molar-refractivity contribution in [1.82, 2.24) is 9.97 Å². The van der Waals surface area contributed by atoms with Gasteiger partial charge in [-0.2, -0.15) is 0 Å². The highest BCUT2D eigenvalue weighted by atomic mass is 16.6. The second-order valence-corrected chi connectivity index (χ2v) is 3.21. The fourth-order valence-corrected chi connectivity index (χ4v) is 1.03. The summed E-state index contributed by atoms with van der Waals surface area (Å²) in [5, 5.41) is 39.3. The van der Waals surface area contributed by atoms with Crippen LogP contribution in [0, 0.1) is 10.1 Å². The summed E-state index contributed by atoms with van der Waals surface area (Å²) in [6, 6.07) is 0. The van der Waals surface area contributed by atoms with Gasteiger partial charge in [0.05, 0.1) is 12.7 Å². The van der Waals surface area contributed by atoms with E-state index in [9.17, 15) is 14.9 Å². The first kappa shape index (κ1) is 13.7. The molecular weight excluding hydrogens is 248 g/mol. The molecule has 1 aromatic heterocycles. The third-order valence-corrected chi connectivity index (χ3v) is 1.86. The average Bonchev–Trinajstić information content (AvgIpc) is 2.35. The second-order valence-electron chi connectivity index (χ2n) is 3.21. The Morgan fingerprint density at radius 2 is 2.28 bits per heavy atom. The second kappa shape index (κ2) is 5.84. The van der Waals surface area contributed by atoms with Crippen LogP contribution in [0.2, 0.25) is 0 Å². The van der Waals surface area contributed by atoms with Crippen LogP contribution in [0.1, 0.15) is 10.5 Å². The smallest absolute Gasteiger partial charge is 0.397 e. The fourth-order valence-electron chi connectivity index (χ4n) is 1.03. The number of rotatable bonds is 6. The predicted octanol–water partition coefficient (Wildman–Crippen LogP) is -1.15. The summed E-state index contributed by atoms with van der Waals surface area (Å²) in [6.45, 7) is -0.582. The van der Waals surface area contributed by atoms with Gasteiger partial charge in [-0.15, -0.1) is 0 Å². The minimum atomic E-state index is -1.58. The van der Waals surface area contributed by atoms with Crippen LogP contribution in [0.3, 0.4) is 0 Å². The van der Waals surface area contributed by atoms with Gasteiger partial charge in [0.25, 0.3) is 0 Å². The highest BCUT2D eigenvalue weighted by Crippen LogP contribution is 2.15. The van der Waals surface area contributed by atoms with Gasteiger partial charge in [0.15, 0.2) is 12.0 Å². The molecule has 0 saturated heterocycles. The molecular formula is C8H10N4O6. The molecule has 0 aliphatic rings. The van der Waals surface area contributed by atoms with E-state index in [-0.39, 0.29) is 12.4 Å². The summed E-state index contributed by atoms with van der Waals surface area (Å²) < 4.78 is 0. The van der Waals surface area contributed by atoms with Crippen LogP contribution in [0.15, 0.2) is 6.20 Å². The van der Waals surface area contributed by atoms with Crippen molar-refractivity contribution >= 4 is 17.6 Å². The van der Waals surface area contributed by atoms with Crippen LogP contribution < -0.4 is 5.32 Å². The van der Waals surface area contributed by atoms with Crippen LogP contribution >= 0.6 is 0 Å². The lowest BCUT2D eigenvalue weighted by atomic mass is 10.3. The van der Waals surface area contributed by atoms with E-state index in [0.717, 1.165) is 6.20 Å². The Hall–Kier alpha value is -2.33. The van der Waals surface area contributed by atoms with Crippen molar-refractivity contribution in [2.24, 2.45) is 0 Å². The minimum Gasteiger partial charge on any atom is -0.476 e. The van der Waals surface area contributed by atoms with Crippen LogP contribution in [0.25, 0.3) is 0 Å². The molecule has 0 spiro atoms. The normalized spacial score (nSPS) is 11.9. The van der Waals surface area contributed by atoms with E-state index in [1.165, 1.54) is 0 Å². The maximum atomic E-state index is 10.7. The standard InChI is InChI=1S/C8H10N4O6/c13-3-4(14)1-9-5-2-10-7(12(17)18)6(11-5)8(15)16/h2,4,13-14H,1,3H2,(H,9,11)(H,15,16). The number of carboxylic acid groups (broad SMARTS) is 1. The maximum Gasteiger partial charge on any atom is 0.397 e. The molecule has 18 heavy (non-hydrogen) atoms. The number of anilines is 1. The number of aromatic carboxylic acids is 1. The highest BCUT2D eigenvalue weighted by Gasteiger charge is 2.24. The Bertz CT molecular complexity index is 465. The summed E-state index contributed by atoms with van der Waals surface area (Å²) >= 11 is 0. The quantitative estimate of drug-likeness (QED) is 0.365. The zero-order valence-corrected chi connectivity index (χ0v) is 8.98. The molecule has 1 heterocycles. The lowest BCUT2D eigenvalue weighted by Crippen LogP contribution is -2.23. The molecule has 0 amide bonds. The molecule has 0 radical (unpaired) electrons. The number of nitrogens with zero attached hydrogens (tertiary/aromatic N) is 3. The summed E-state index contributed by atoms with van der Waals surface area (Å²) in [4.78, 5) is 27.1. The van der Waals surface area contributed by atoms with Crippen LogP contribution in [-0.4, -0.2) is 55.4 Å². The lowest BCUT2D eigenvalue weighted by Gasteiger charge is -2.08. The molecule has 4 N–H and O–H groups in total. The van der Waals surface area contributed by atoms with Gasteiger partial charge in [-0.25, -0.2) is 9.78 Å². The largest absolute Gasteiger partial charge is 0.476 e. The first-order chi connectivity index (χ1) is 8.45. The van der Waals surface area contributed by atoms with Crippen molar-refractivity contribution in [3.8, 4) is 0 Å². The molecule has 10 heteroatoms. The number of aromatic nitrogens is 2. The van der Waals surface area contributed by atoms with E-state index >= 15 is 0 Å². The number of aliphatic hydroxyl groups is 2. The van der Waals surface area contributed by atoms with Crippen molar-refractivity contribution in [2.75, 3.05) is 18.5 Å². The maximum absolute atomic E-state index is 10.7. The van der Waals surface area contributed by atoms with Crippen LogP contribution in [0.5, 0.6) is 0 Å². The molecule has 1 atom stereocenters. The molecule has 0 bridgehead atoms. The van der Waals surface area contributed by atoms with E-state index in [2.05, 4.69) is 15.3 Å². The first-order valence-electron chi connectivity index (χ1n) is 4.73. The summed E-state index contributed by atoms with van der Waals surface area (Å²) in [5.41, 5.74) is -0.802. The van der Waals surface area contributed by atoms with E-state index in [4.69, 9.17) is 15.3 Å². The average molecular weight is 258 g/mol. The number of hydrogen-bond donors (Lipinski definition) is 4. The highest BCUT2D eigenvalue weighted by molar-refractivity contribution is 5.89. The zero-order valence-electron chi connectivity index (χ0n) is 8.98. The molecule has 0 fully saturated rings. The lowest BCUT2D eigenvalue weighted by molar-refractivity contribution is -0.390. The Kier molecular flexibility index (Phi) is 4.45. The number of nitrogens with one attached hydrogen (secondary N) is 1. The van der Waals surface area contributed by atoms with Gasteiger partial charge < -0.3 is 30.8 Å². The molecule has 0 saturated carbocycles. The van der Waals surface area contributed by atoms with Gasteiger partial charge in [0, 0.05) is 6.54 Å². The van der Waals surface area contributed by atoms with E-state index < -0.39 is 35.1 Å². The third kappa shape index (κ3) is 3.33. The number of carboxylic acids is 1. The van der Waals surface area contributed by atoms with Crippen molar-refractivity contribution in [1.29, 1.82) is 0 Å². The third-order valence-electron chi connectivity index (χ3n) is 1.86. The van der Waals surface area contributed by atoms with E-state index in [1.54, 1.807) is 0 Å². The minimum absolute atomic E-state index is 0.0505. The van der Waals surface area contributed by atoms with E-state index in [0.29, 0.717) is 0 Å². The molecule has 1 rings (SSSR count). The van der Waals surface area contributed by atoms with Crippen molar-refractivity contribution in [3.63, 3.8) is 0 Å². The Morgan fingerprint density at radius 1 is 1.61 bits per heavy atom. The summed E-state index contributed by atoms with van der Waals surface area (Å²) in [5.74, 6) is -2.50. The number of carbonyl (C=O) groups is 1. The van der Waals surface area contributed by atoms with Gasteiger partial charge in [-0.05, 0) is 9.91 Å². The van der Waals surface area contributed by atoms with Gasteiger partial charge in [-0.3, -0.25) is 0 Å². The number of nitro groups is 1. The molecule has 98 valence electrons. The molecule has 1 unspecified atom stereocenters. The van der Waals surface area contributed by atoms with Gasteiger partial charge in [0.1, 0.15) is 0 Å². The van der Waals surface area contributed by atoms with Crippen molar-refractivity contribution < 1.29 is 25.0 Å². The Labute approximate surface area is 100 Å². The Morgan fingerprint density at radius 3 is 2.78 bits per heavy atom. The number of hydrogen-bond acceptors (Lipinski definition) is 8. The molecule has 1 aromatic rings. The first-order valence-corrected chi connectivity index (χ1v) is 4.73. The predicted molar refractivity (Wildman–Crippen MR) is 57.2 cm³/mol. The summed E-state index contributed by atoms with van der Waals surface area (Å²) in [6.07, 6.45) is -0.0930. The SMILES string of the molecule is O=C(O)c1nc(NCC(O)CO)cnc1[N+](=O)[O-]. The summed E-state index contributed by atoms with van der Waals surface area (Å²) in [7, 11) is 0. The fraction of sp³-hybridized carbons (Fsp3) is 0.375. The molecule has 0 aliphatic heterocycles. The Balaban J connectivity index is 2.93. The van der Waals surface area contributed by atoms with Crippen LogP contribution in [-0.2, 0) is 0 Å². The van der Waals surface area contributed by atoms with Crippen molar-refractivity contribution in [3.05, 3.63) is 22.0 Å². The topological polar surface area (TPSA) is 159 Å². The molecule has 0 aromatic carbocycles. The van der Waals surface area contributed by atoms with E-state index in [1.807, 2.05) is 0 Å². The van der Waals surface area contributed by atoms with Gasteiger partial charge >= 0.3 is 11.8 Å². The van der Waals surface area contributed by atoms with Gasteiger partial charge in [0.2, 0.25) is 5.69 Å². The number of aliphatic hydroxyl groups excluding tert-OH is 2.